The molecule has 1 aromatic carbocycles. The van der Waals surface area contributed by atoms with Crippen LogP contribution in [0.4, 0.5) is 0 Å². The molecular formula is C14H14Cl2N2O3S. The molecule has 1 amide bonds. The zero-order valence-electron chi connectivity index (χ0n) is 12.1. The highest BCUT2D eigenvalue weighted by molar-refractivity contribution is 7.16. The first-order chi connectivity index (χ1) is 10.5. The molecule has 0 bridgehead atoms. The summed E-state index contributed by atoms with van der Waals surface area (Å²) < 4.78 is 7.30. The van der Waals surface area contributed by atoms with Gasteiger partial charge in [-0.1, -0.05) is 41.5 Å². The Labute approximate surface area is 141 Å². The third kappa shape index (κ3) is 3.69. The number of thiazole rings is 1. The van der Waals surface area contributed by atoms with Crippen molar-refractivity contribution in [2.75, 3.05) is 6.61 Å². The lowest BCUT2D eigenvalue weighted by Crippen LogP contribution is -2.23. The second-order valence-corrected chi connectivity index (χ2v) is 6.22. The summed E-state index contributed by atoms with van der Waals surface area (Å²) in [7, 11) is 0. The van der Waals surface area contributed by atoms with E-state index in [-0.39, 0.29) is 25.5 Å². The van der Waals surface area contributed by atoms with Crippen molar-refractivity contribution in [3.8, 4) is 0 Å². The van der Waals surface area contributed by atoms with Crippen molar-refractivity contribution in [2.45, 2.75) is 26.8 Å². The average Bonchev–Trinajstić information content (AvgIpc) is 2.76. The van der Waals surface area contributed by atoms with Crippen molar-refractivity contribution >= 4 is 56.6 Å². The summed E-state index contributed by atoms with van der Waals surface area (Å²) >= 11 is 13.5. The molecule has 8 heteroatoms. The Morgan fingerprint density at radius 3 is 2.68 bits per heavy atom. The van der Waals surface area contributed by atoms with E-state index in [1.165, 1.54) is 11.3 Å². The molecule has 5 nitrogen and oxygen atoms in total. The minimum absolute atomic E-state index is 0.0645. The van der Waals surface area contributed by atoms with Gasteiger partial charge < -0.3 is 9.30 Å². The Hall–Kier alpha value is -1.37. The first-order valence-corrected chi connectivity index (χ1v) is 8.25. The molecule has 0 aliphatic carbocycles. The molecule has 0 radical (unpaired) electrons. The fourth-order valence-corrected chi connectivity index (χ4v) is 3.71. The monoisotopic (exact) mass is 360 g/mol. The summed E-state index contributed by atoms with van der Waals surface area (Å²) in [5.41, 5.74) is 0.617. The van der Waals surface area contributed by atoms with Gasteiger partial charge in [-0.3, -0.25) is 9.59 Å². The minimum atomic E-state index is -0.418. The van der Waals surface area contributed by atoms with Gasteiger partial charge in [-0.15, -0.1) is 0 Å². The fraction of sp³-hybridized carbons (Fsp3) is 0.357. The number of amides is 1. The van der Waals surface area contributed by atoms with Crippen LogP contribution in [0, 0.1) is 0 Å². The fourth-order valence-electron chi connectivity index (χ4n) is 1.88. The molecule has 0 saturated carbocycles. The van der Waals surface area contributed by atoms with Gasteiger partial charge in [-0.05, 0) is 19.1 Å². The van der Waals surface area contributed by atoms with Crippen LogP contribution in [-0.4, -0.2) is 23.1 Å². The number of esters is 1. The van der Waals surface area contributed by atoms with Gasteiger partial charge in [0.05, 0.1) is 21.8 Å². The second-order valence-electron chi connectivity index (χ2n) is 4.37. The number of carbonyl (C=O) groups is 2. The Balaban J connectivity index is 2.67. The number of rotatable bonds is 4. The average molecular weight is 361 g/mol. The van der Waals surface area contributed by atoms with Crippen LogP contribution >= 0.6 is 34.5 Å². The predicted octanol–water partition coefficient (Wildman–Crippen LogP) is 3.41. The third-order valence-electron chi connectivity index (χ3n) is 2.81. The molecule has 0 fully saturated rings. The highest BCUT2D eigenvalue weighted by Crippen LogP contribution is 2.29. The summed E-state index contributed by atoms with van der Waals surface area (Å²) in [5, 5.41) is 0.879. The molecule has 0 atom stereocenters. The first kappa shape index (κ1) is 17.0. The molecular weight excluding hydrogens is 347 g/mol. The van der Waals surface area contributed by atoms with Crippen molar-refractivity contribution < 1.29 is 14.3 Å². The summed E-state index contributed by atoms with van der Waals surface area (Å²) in [6.45, 7) is 3.66. The molecule has 1 aromatic heterocycles. The Morgan fingerprint density at radius 2 is 2.05 bits per heavy atom. The molecule has 1 heterocycles. The summed E-state index contributed by atoms with van der Waals surface area (Å²) in [6, 6.07) is 3.32. The van der Waals surface area contributed by atoms with E-state index in [1.54, 1.807) is 30.5 Å². The van der Waals surface area contributed by atoms with Crippen LogP contribution in [0.3, 0.4) is 0 Å². The number of hydrogen-bond donors (Lipinski definition) is 0. The smallest absolute Gasteiger partial charge is 0.326 e. The van der Waals surface area contributed by atoms with Crippen LogP contribution in [0.1, 0.15) is 20.3 Å². The van der Waals surface area contributed by atoms with Crippen molar-refractivity contribution in [1.82, 2.24) is 4.57 Å². The highest BCUT2D eigenvalue weighted by atomic mass is 35.5. The molecule has 22 heavy (non-hydrogen) atoms. The first-order valence-electron chi connectivity index (χ1n) is 6.67. The number of benzene rings is 1. The number of carbonyl (C=O) groups excluding carboxylic acids is 2. The molecule has 0 aliphatic rings. The molecule has 2 rings (SSSR count). The third-order valence-corrected chi connectivity index (χ3v) is 4.34. The lowest BCUT2D eigenvalue weighted by Gasteiger charge is -2.06. The largest absolute Gasteiger partial charge is 0.465 e. The normalized spacial score (nSPS) is 11.9. The van der Waals surface area contributed by atoms with E-state index in [0.29, 0.717) is 20.4 Å². The molecule has 0 N–H and O–H groups in total. The summed E-state index contributed by atoms with van der Waals surface area (Å²) in [5.74, 6) is -0.690. The van der Waals surface area contributed by atoms with Gasteiger partial charge in [-0.2, -0.15) is 4.99 Å². The molecule has 0 aliphatic heterocycles. The number of fused-ring (bicyclic) bond motifs is 1. The molecule has 0 unspecified atom stereocenters. The number of aromatic nitrogens is 1. The van der Waals surface area contributed by atoms with Gasteiger partial charge in [0.15, 0.2) is 4.80 Å². The van der Waals surface area contributed by atoms with Crippen LogP contribution in [0.2, 0.25) is 10.0 Å². The quantitative estimate of drug-likeness (QED) is 0.784. The van der Waals surface area contributed by atoms with E-state index >= 15 is 0 Å². The van der Waals surface area contributed by atoms with Crippen LogP contribution in [0.25, 0.3) is 10.2 Å². The number of ether oxygens (including phenoxy) is 1. The molecule has 0 spiro atoms. The zero-order chi connectivity index (χ0) is 16.3. The second kappa shape index (κ2) is 7.26. The van der Waals surface area contributed by atoms with E-state index in [1.807, 2.05) is 0 Å². The van der Waals surface area contributed by atoms with E-state index in [0.717, 1.165) is 4.70 Å². The predicted molar refractivity (Wildman–Crippen MR) is 87.3 cm³/mol. The maximum atomic E-state index is 11.8. The van der Waals surface area contributed by atoms with Crippen LogP contribution in [0.15, 0.2) is 17.1 Å². The topological polar surface area (TPSA) is 60.7 Å². The highest BCUT2D eigenvalue weighted by Gasteiger charge is 2.15. The van der Waals surface area contributed by atoms with Gasteiger partial charge in [0.2, 0.25) is 5.91 Å². The van der Waals surface area contributed by atoms with Crippen LogP contribution in [0.5, 0.6) is 0 Å². The Kier molecular flexibility index (Phi) is 5.61. The Bertz CT molecular complexity index is 795. The van der Waals surface area contributed by atoms with Crippen molar-refractivity contribution in [2.24, 2.45) is 4.99 Å². The number of hydrogen-bond acceptors (Lipinski definition) is 4. The maximum Gasteiger partial charge on any atom is 0.326 e. The van der Waals surface area contributed by atoms with E-state index < -0.39 is 5.97 Å². The van der Waals surface area contributed by atoms with Gasteiger partial charge in [0.1, 0.15) is 6.54 Å². The van der Waals surface area contributed by atoms with E-state index in [9.17, 15) is 9.59 Å². The zero-order valence-corrected chi connectivity index (χ0v) is 14.4. The van der Waals surface area contributed by atoms with Gasteiger partial charge in [0.25, 0.3) is 0 Å². The van der Waals surface area contributed by atoms with Crippen molar-refractivity contribution in [3.63, 3.8) is 0 Å². The van der Waals surface area contributed by atoms with E-state index in [2.05, 4.69) is 4.99 Å². The lowest BCUT2D eigenvalue weighted by atomic mass is 10.3. The minimum Gasteiger partial charge on any atom is -0.465 e. The van der Waals surface area contributed by atoms with E-state index in [4.69, 9.17) is 27.9 Å². The standard InChI is InChI=1S/C14H14Cl2N2O3S/c1-3-11(19)17-14-18(7-12(20)21-4-2)13-9(16)5-8(15)6-10(13)22-14/h5-6H,3-4,7H2,1-2H3. The summed E-state index contributed by atoms with van der Waals surface area (Å²) in [4.78, 5) is 27.9. The summed E-state index contributed by atoms with van der Waals surface area (Å²) in [6.07, 6.45) is 0.280. The van der Waals surface area contributed by atoms with Gasteiger partial charge in [-0.25, -0.2) is 0 Å². The van der Waals surface area contributed by atoms with Crippen LogP contribution in [-0.2, 0) is 20.9 Å². The van der Waals surface area contributed by atoms with Gasteiger partial charge in [0, 0.05) is 11.4 Å². The lowest BCUT2D eigenvalue weighted by molar-refractivity contribution is -0.143. The van der Waals surface area contributed by atoms with Crippen molar-refractivity contribution in [1.29, 1.82) is 0 Å². The number of halogens is 2. The maximum absolute atomic E-state index is 11.8. The van der Waals surface area contributed by atoms with Crippen molar-refractivity contribution in [3.05, 3.63) is 27.0 Å². The molecule has 0 saturated heterocycles. The molecule has 2 aromatic rings. The Morgan fingerprint density at radius 1 is 1.32 bits per heavy atom. The van der Waals surface area contributed by atoms with Gasteiger partial charge >= 0.3 is 5.97 Å². The molecule has 118 valence electrons. The van der Waals surface area contributed by atoms with Crippen LogP contribution < -0.4 is 4.80 Å². The SMILES string of the molecule is CCOC(=O)Cn1c(=NC(=O)CC)sc2cc(Cl)cc(Cl)c21. The number of nitrogens with zero attached hydrogens (tertiary/aromatic N) is 2.